The van der Waals surface area contributed by atoms with Gasteiger partial charge in [-0.05, 0) is 40.6 Å². The standard InChI is InChI=1S/C22H18F3NO3/c1-29-21(28)19(13-16-7-4-6-14-5-2-3-8-18(14)16)26-20(27)15-9-11-17(12-10-15)22(23,24)25/h2-12,19H,13H2,1H3,(H,26,27)/t19-/m1/s1. The third-order valence-electron chi connectivity index (χ3n) is 4.57. The van der Waals surface area contributed by atoms with Crippen LogP contribution in [0.3, 0.4) is 0 Å². The SMILES string of the molecule is COC(=O)[C@@H](Cc1cccc2ccccc12)NC(=O)c1ccc(C(F)(F)F)cc1. The fourth-order valence-corrected chi connectivity index (χ4v) is 3.08. The van der Waals surface area contributed by atoms with E-state index in [2.05, 4.69) is 5.32 Å². The number of methoxy groups -OCH3 is 1. The second-order valence-corrected chi connectivity index (χ2v) is 6.47. The molecule has 29 heavy (non-hydrogen) atoms. The Kier molecular flexibility index (Phi) is 5.87. The summed E-state index contributed by atoms with van der Waals surface area (Å²) in [5, 5.41) is 4.49. The van der Waals surface area contributed by atoms with Crippen LogP contribution in [0.15, 0.2) is 66.7 Å². The zero-order chi connectivity index (χ0) is 21.0. The highest BCUT2D eigenvalue weighted by Crippen LogP contribution is 2.29. The van der Waals surface area contributed by atoms with Gasteiger partial charge in [0.1, 0.15) is 6.04 Å². The van der Waals surface area contributed by atoms with Gasteiger partial charge in [-0.2, -0.15) is 13.2 Å². The van der Waals surface area contributed by atoms with Crippen LogP contribution in [-0.4, -0.2) is 25.0 Å². The molecule has 0 bridgehead atoms. The molecule has 0 radical (unpaired) electrons. The Morgan fingerprint density at radius 3 is 2.28 bits per heavy atom. The van der Waals surface area contributed by atoms with Gasteiger partial charge in [0.25, 0.3) is 5.91 Å². The van der Waals surface area contributed by atoms with E-state index >= 15 is 0 Å². The Bertz CT molecular complexity index is 1020. The minimum atomic E-state index is -4.49. The highest BCUT2D eigenvalue weighted by molar-refractivity contribution is 5.97. The molecule has 150 valence electrons. The van der Waals surface area contributed by atoms with Gasteiger partial charge in [0.2, 0.25) is 0 Å². The molecule has 0 spiro atoms. The van der Waals surface area contributed by atoms with E-state index in [4.69, 9.17) is 4.74 Å². The van der Waals surface area contributed by atoms with E-state index in [0.29, 0.717) is 0 Å². The van der Waals surface area contributed by atoms with Crippen LogP contribution < -0.4 is 5.32 Å². The summed E-state index contributed by atoms with van der Waals surface area (Å²) in [5.74, 6) is -1.30. The van der Waals surface area contributed by atoms with E-state index in [-0.39, 0.29) is 12.0 Å². The van der Waals surface area contributed by atoms with E-state index in [0.717, 1.165) is 40.6 Å². The predicted molar refractivity (Wildman–Crippen MR) is 102 cm³/mol. The van der Waals surface area contributed by atoms with Crippen LogP contribution in [0.4, 0.5) is 13.2 Å². The van der Waals surface area contributed by atoms with Gasteiger partial charge in [-0.3, -0.25) is 4.79 Å². The molecule has 3 aromatic rings. The van der Waals surface area contributed by atoms with E-state index in [1.807, 2.05) is 42.5 Å². The zero-order valence-electron chi connectivity index (χ0n) is 15.5. The van der Waals surface area contributed by atoms with Crippen LogP contribution in [0.2, 0.25) is 0 Å². The van der Waals surface area contributed by atoms with Crippen LogP contribution in [0.5, 0.6) is 0 Å². The number of ether oxygens (including phenoxy) is 1. The van der Waals surface area contributed by atoms with Crippen molar-refractivity contribution in [2.45, 2.75) is 18.6 Å². The summed E-state index contributed by atoms with van der Waals surface area (Å²) in [4.78, 5) is 24.7. The van der Waals surface area contributed by atoms with E-state index in [1.165, 1.54) is 7.11 Å². The number of carbonyl (C=O) groups is 2. The van der Waals surface area contributed by atoms with Crippen molar-refractivity contribution in [3.63, 3.8) is 0 Å². The molecule has 4 nitrogen and oxygen atoms in total. The summed E-state index contributed by atoms with van der Waals surface area (Å²) < 4.78 is 42.9. The maximum absolute atomic E-state index is 12.7. The van der Waals surface area contributed by atoms with Crippen molar-refractivity contribution < 1.29 is 27.5 Å². The molecule has 0 heterocycles. The summed E-state index contributed by atoms with van der Waals surface area (Å²) in [7, 11) is 1.21. The number of hydrogen-bond donors (Lipinski definition) is 1. The quantitative estimate of drug-likeness (QED) is 0.646. The first-order chi connectivity index (χ1) is 13.8. The third kappa shape index (κ3) is 4.74. The number of fused-ring (bicyclic) bond motifs is 1. The topological polar surface area (TPSA) is 55.4 Å². The molecule has 0 aliphatic heterocycles. The Morgan fingerprint density at radius 1 is 0.966 bits per heavy atom. The Labute approximate surface area is 165 Å². The number of nitrogens with one attached hydrogen (secondary N) is 1. The molecule has 0 aliphatic rings. The van der Waals surface area contributed by atoms with Crippen LogP contribution in [0, 0.1) is 0 Å². The van der Waals surface area contributed by atoms with Crippen molar-refractivity contribution in [3.05, 3.63) is 83.4 Å². The number of amides is 1. The largest absolute Gasteiger partial charge is 0.467 e. The number of carbonyl (C=O) groups excluding carboxylic acids is 2. The number of alkyl halides is 3. The lowest BCUT2D eigenvalue weighted by molar-refractivity contribution is -0.142. The lowest BCUT2D eigenvalue weighted by Crippen LogP contribution is -2.43. The first kappa shape index (κ1) is 20.4. The Morgan fingerprint density at radius 2 is 1.62 bits per heavy atom. The van der Waals surface area contributed by atoms with Crippen molar-refractivity contribution in [2.24, 2.45) is 0 Å². The first-order valence-electron chi connectivity index (χ1n) is 8.82. The molecule has 0 saturated carbocycles. The lowest BCUT2D eigenvalue weighted by Gasteiger charge is -2.18. The van der Waals surface area contributed by atoms with Crippen LogP contribution >= 0.6 is 0 Å². The van der Waals surface area contributed by atoms with Gasteiger partial charge >= 0.3 is 12.1 Å². The molecule has 0 unspecified atom stereocenters. The van der Waals surface area contributed by atoms with Gasteiger partial charge < -0.3 is 10.1 Å². The van der Waals surface area contributed by atoms with Crippen molar-refractivity contribution >= 4 is 22.6 Å². The van der Waals surface area contributed by atoms with E-state index in [9.17, 15) is 22.8 Å². The minimum Gasteiger partial charge on any atom is -0.467 e. The molecule has 3 rings (SSSR count). The summed E-state index contributed by atoms with van der Waals surface area (Å²) >= 11 is 0. The predicted octanol–water partition coefficient (Wildman–Crippen LogP) is 4.37. The monoisotopic (exact) mass is 401 g/mol. The number of halogens is 3. The van der Waals surface area contributed by atoms with Crippen LogP contribution in [0.1, 0.15) is 21.5 Å². The van der Waals surface area contributed by atoms with Crippen molar-refractivity contribution in [3.8, 4) is 0 Å². The second kappa shape index (κ2) is 8.34. The molecule has 1 atom stereocenters. The first-order valence-corrected chi connectivity index (χ1v) is 8.82. The summed E-state index contributed by atoms with van der Waals surface area (Å²) in [5.41, 5.74) is 0.00497. The fourth-order valence-electron chi connectivity index (χ4n) is 3.08. The normalized spacial score (nSPS) is 12.4. The van der Waals surface area contributed by atoms with Gasteiger partial charge in [0.05, 0.1) is 12.7 Å². The third-order valence-corrected chi connectivity index (χ3v) is 4.57. The van der Waals surface area contributed by atoms with E-state index in [1.54, 1.807) is 0 Å². The highest BCUT2D eigenvalue weighted by atomic mass is 19.4. The van der Waals surface area contributed by atoms with Crippen LogP contribution in [0.25, 0.3) is 10.8 Å². The van der Waals surface area contributed by atoms with Gasteiger partial charge in [-0.25, -0.2) is 4.79 Å². The summed E-state index contributed by atoms with van der Waals surface area (Å²) in [6.45, 7) is 0. The van der Waals surface area contributed by atoms with Gasteiger partial charge in [-0.1, -0.05) is 42.5 Å². The molecule has 1 amide bonds. The lowest BCUT2D eigenvalue weighted by atomic mass is 9.98. The highest BCUT2D eigenvalue weighted by Gasteiger charge is 2.30. The second-order valence-electron chi connectivity index (χ2n) is 6.47. The molecule has 0 saturated heterocycles. The average Bonchev–Trinajstić information content (AvgIpc) is 2.72. The minimum absolute atomic E-state index is 0.0184. The summed E-state index contributed by atoms with van der Waals surface area (Å²) in [6, 6.07) is 16.1. The molecule has 7 heteroatoms. The summed E-state index contributed by atoms with van der Waals surface area (Å²) in [6.07, 6.45) is -4.31. The molecule has 0 aromatic heterocycles. The molecule has 1 N–H and O–H groups in total. The zero-order valence-corrected chi connectivity index (χ0v) is 15.5. The molecular formula is C22H18F3NO3. The van der Waals surface area contributed by atoms with Gasteiger partial charge in [0, 0.05) is 12.0 Å². The molecule has 3 aromatic carbocycles. The van der Waals surface area contributed by atoms with Gasteiger partial charge in [-0.15, -0.1) is 0 Å². The number of rotatable bonds is 5. The molecular weight excluding hydrogens is 383 g/mol. The van der Waals surface area contributed by atoms with Crippen molar-refractivity contribution in [2.75, 3.05) is 7.11 Å². The van der Waals surface area contributed by atoms with Gasteiger partial charge in [0.15, 0.2) is 0 Å². The van der Waals surface area contributed by atoms with Crippen LogP contribution in [-0.2, 0) is 22.1 Å². The maximum Gasteiger partial charge on any atom is 0.416 e. The smallest absolute Gasteiger partial charge is 0.416 e. The fraction of sp³-hybridized carbons (Fsp3) is 0.182. The van der Waals surface area contributed by atoms with Crippen molar-refractivity contribution in [1.29, 1.82) is 0 Å². The Hall–Kier alpha value is -3.35. The number of hydrogen-bond acceptors (Lipinski definition) is 3. The maximum atomic E-state index is 12.7. The Balaban J connectivity index is 1.82. The molecule has 0 aliphatic carbocycles. The van der Waals surface area contributed by atoms with E-state index < -0.39 is 29.7 Å². The number of esters is 1. The van der Waals surface area contributed by atoms with Crippen molar-refractivity contribution in [1.82, 2.24) is 5.32 Å². The number of benzene rings is 3. The average molecular weight is 401 g/mol. The molecule has 0 fully saturated rings.